The zero-order chi connectivity index (χ0) is 18.7. The quantitative estimate of drug-likeness (QED) is 0.863. The highest BCUT2D eigenvalue weighted by Crippen LogP contribution is 2.26. The minimum atomic E-state index is -0.518. The molecule has 136 valence electrons. The highest BCUT2D eigenvalue weighted by atomic mass is 19.1. The number of hydrogen-bond acceptors (Lipinski definition) is 2. The lowest BCUT2D eigenvalue weighted by Gasteiger charge is -2.28. The van der Waals surface area contributed by atoms with E-state index in [1.807, 2.05) is 32.0 Å². The van der Waals surface area contributed by atoms with Crippen molar-refractivity contribution < 1.29 is 14.0 Å². The van der Waals surface area contributed by atoms with Gasteiger partial charge >= 0.3 is 0 Å². The lowest BCUT2D eigenvalue weighted by atomic mass is 10.0. The van der Waals surface area contributed by atoms with Crippen LogP contribution < -0.4 is 5.32 Å². The number of hydrogen-bond donors (Lipinski definition) is 1. The summed E-state index contributed by atoms with van der Waals surface area (Å²) in [5.74, 6) is -0.307. The third-order valence-electron chi connectivity index (χ3n) is 4.60. The topological polar surface area (TPSA) is 49.4 Å². The van der Waals surface area contributed by atoms with Crippen molar-refractivity contribution in [3.05, 3.63) is 71.0 Å². The van der Waals surface area contributed by atoms with Crippen molar-refractivity contribution in [2.45, 2.75) is 39.4 Å². The Bertz CT molecular complexity index is 802. The molecule has 5 heteroatoms. The first-order valence-electron chi connectivity index (χ1n) is 8.86. The number of halogens is 1. The Labute approximate surface area is 153 Å². The third kappa shape index (κ3) is 3.93. The van der Waals surface area contributed by atoms with Crippen LogP contribution in [0.5, 0.6) is 0 Å². The predicted octanol–water partition coefficient (Wildman–Crippen LogP) is 3.51. The van der Waals surface area contributed by atoms with Crippen molar-refractivity contribution in [3.8, 4) is 0 Å². The van der Waals surface area contributed by atoms with Gasteiger partial charge in [0.2, 0.25) is 5.91 Å². The van der Waals surface area contributed by atoms with Gasteiger partial charge in [0.15, 0.2) is 0 Å². The Morgan fingerprint density at radius 3 is 2.50 bits per heavy atom. The molecule has 26 heavy (non-hydrogen) atoms. The second kappa shape index (κ2) is 7.68. The van der Waals surface area contributed by atoms with Gasteiger partial charge in [0.05, 0.1) is 0 Å². The lowest BCUT2D eigenvalue weighted by molar-refractivity contribution is -0.126. The number of nitrogens with zero attached hydrogens (tertiary/aromatic N) is 1. The van der Waals surface area contributed by atoms with E-state index in [1.165, 1.54) is 12.1 Å². The molecule has 0 bridgehead atoms. The van der Waals surface area contributed by atoms with Gasteiger partial charge in [-0.05, 0) is 41.7 Å². The van der Waals surface area contributed by atoms with Crippen molar-refractivity contribution in [1.29, 1.82) is 0 Å². The van der Waals surface area contributed by atoms with E-state index in [0.29, 0.717) is 25.1 Å². The number of carbonyl (C=O) groups excluding carboxylic acids is 2. The van der Waals surface area contributed by atoms with Crippen LogP contribution in [-0.4, -0.2) is 22.8 Å². The molecule has 0 aliphatic carbocycles. The first-order chi connectivity index (χ1) is 12.5. The zero-order valence-corrected chi connectivity index (χ0v) is 15.0. The molecule has 1 aliphatic heterocycles. The number of carbonyl (C=O) groups is 2. The van der Waals surface area contributed by atoms with Gasteiger partial charge in [-0.2, -0.15) is 0 Å². The van der Waals surface area contributed by atoms with Gasteiger partial charge in [0.1, 0.15) is 11.9 Å². The third-order valence-corrected chi connectivity index (χ3v) is 4.60. The Hall–Kier alpha value is -2.69. The maximum absolute atomic E-state index is 13.0. The zero-order valence-electron chi connectivity index (χ0n) is 15.0. The number of amides is 2. The molecular weight excluding hydrogens is 331 g/mol. The van der Waals surface area contributed by atoms with Crippen LogP contribution in [0.15, 0.2) is 48.5 Å². The summed E-state index contributed by atoms with van der Waals surface area (Å²) in [5.41, 5.74) is 2.45. The van der Waals surface area contributed by atoms with Crippen LogP contribution in [0.3, 0.4) is 0 Å². The van der Waals surface area contributed by atoms with Gasteiger partial charge in [-0.15, -0.1) is 0 Å². The van der Waals surface area contributed by atoms with E-state index < -0.39 is 6.04 Å². The Morgan fingerprint density at radius 2 is 1.85 bits per heavy atom. The molecule has 0 saturated heterocycles. The standard InChI is InChI=1S/C21H23FN2O2/c1-14(2)11-19(20(25)23-12-15-7-9-17(22)10-8-15)24-13-16-5-3-4-6-18(16)21(24)26/h3-10,14,19H,11-13H2,1-2H3,(H,23,25)/t19-/m1/s1. The molecule has 2 amide bonds. The van der Waals surface area contributed by atoms with Crippen LogP contribution >= 0.6 is 0 Å². The fourth-order valence-corrected chi connectivity index (χ4v) is 3.26. The summed E-state index contributed by atoms with van der Waals surface area (Å²) in [6.45, 7) is 4.83. The molecule has 1 heterocycles. The summed E-state index contributed by atoms with van der Waals surface area (Å²) in [5, 5.41) is 2.89. The minimum Gasteiger partial charge on any atom is -0.350 e. The fraction of sp³-hybridized carbons (Fsp3) is 0.333. The minimum absolute atomic E-state index is 0.0943. The van der Waals surface area contributed by atoms with E-state index in [4.69, 9.17) is 0 Å². The molecular formula is C21H23FN2O2. The van der Waals surface area contributed by atoms with Crippen LogP contribution in [0, 0.1) is 11.7 Å². The average Bonchev–Trinajstić information content (AvgIpc) is 2.96. The molecule has 0 radical (unpaired) electrons. The largest absolute Gasteiger partial charge is 0.350 e. The second-order valence-corrected chi connectivity index (χ2v) is 7.08. The SMILES string of the molecule is CC(C)C[C@H](C(=O)NCc1ccc(F)cc1)N1Cc2ccccc2C1=O. The van der Waals surface area contributed by atoms with Gasteiger partial charge in [-0.25, -0.2) is 4.39 Å². The Kier molecular flexibility index (Phi) is 5.35. The normalized spacial score (nSPS) is 14.5. The maximum Gasteiger partial charge on any atom is 0.255 e. The number of nitrogens with one attached hydrogen (secondary N) is 1. The Morgan fingerprint density at radius 1 is 1.15 bits per heavy atom. The van der Waals surface area contributed by atoms with Crippen LogP contribution in [-0.2, 0) is 17.9 Å². The summed E-state index contributed by atoms with van der Waals surface area (Å²) in [7, 11) is 0. The van der Waals surface area contributed by atoms with Gasteiger partial charge in [-0.1, -0.05) is 44.2 Å². The molecule has 0 spiro atoms. The van der Waals surface area contributed by atoms with Crippen molar-refractivity contribution >= 4 is 11.8 Å². The van der Waals surface area contributed by atoms with E-state index in [1.54, 1.807) is 23.1 Å². The van der Waals surface area contributed by atoms with Gasteiger partial charge in [0, 0.05) is 18.7 Å². The van der Waals surface area contributed by atoms with E-state index in [-0.39, 0.29) is 23.5 Å². The molecule has 1 N–H and O–H groups in total. The van der Waals surface area contributed by atoms with Crippen LogP contribution in [0.4, 0.5) is 4.39 Å². The first-order valence-corrected chi connectivity index (χ1v) is 8.86. The van der Waals surface area contributed by atoms with Crippen LogP contribution in [0.1, 0.15) is 41.8 Å². The predicted molar refractivity (Wildman–Crippen MR) is 97.8 cm³/mol. The molecule has 0 unspecified atom stereocenters. The molecule has 0 fully saturated rings. The first kappa shape index (κ1) is 18.1. The number of rotatable bonds is 6. The molecule has 1 aliphatic rings. The van der Waals surface area contributed by atoms with Gasteiger partial charge < -0.3 is 10.2 Å². The van der Waals surface area contributed by atoms with E-state index in [2.05, 4.69) is 5.32 Å². The van der Waals surface area contributed by atoms with Crippen molar-refractivity contribution in [1.82, 2.24) is 10.2 Å². The second-order valence-electron chi connectivity index (χ2n) is 7.08. The molecule has 3 rings (SSSR count). The monoisotopic (exact) mass is 354 g/mol. The van der Waals surface area contributed by atoms with Crippen LogP contribution in [0.2, 0.25) is 0 Å². The van der Waals surface area contributed by atoms with Crippen molar-refractivity contribution in [2.24, 2.45) is 5.92 Å². The molecule has 2 aromatic rings. The lowest BCUT2D eigenvalue weighted by Crippen LogP contribution is -2.47. The average molecular weight is 354 g/mol. The summed E-state index contributed by atoms with van der Waals surface area (Å²) in [6.07, 6.45) is 0.592. The maximum atomic E-state index is 13.0. The molecule has 0 aromatic heterocycles. The molecule has 2 aromatic carbocycles. The molecule has 1 atom stereocenters. The van der Waals surface area contributed by atoms with E-state index in [0.717, 1.165) is 11.1 Å². The molecule has 4 nitrogen and oxygen atoms in total. The van der Waals surface area contributed by atoms with E-state index in [9.17, 15) is 14.0 Å². The van der Waals surface area contributed by atoms with Crippen molar-refractivity contribution in [2.75, 3.05) is 0 Å². The number of fused-ring (bicyclic) bond motifs is 1. The Balaban J connectivity index is 1.72. The van der Waals surface area contributed by atoms with Crippen LogP contribution in [0.25, 0.3) is 0 Å². The molecule has 0 saturated carbocycles. The van der Waals surface area contributed by atoms with Crippen molar-refractivity contribution in [3.63, 3.8) is 0 Å². The fourth-order valence-electron chi connectivity index (χ4n) is 3.26. The van der Waals surface area contributed by atoms with E-state index >= 15 is 0 Å². The summed E-state index contributed by atoms with van der Waals surface area (Å²) < 4.78 is 13.0. The van der Waals surface area contributed by atoms with Gasteiger partial charge in [0.25, 0.3) is 5.91 Å². The summed E-state index contributed by atoms with van der Waals surface area (Å²) in [6, 6.07) is 13.0. The highest BCUT2D eigenvalue weighted by molar-refractivity contribution is 6.01. The summed E-state index contributed by atoms with van der Waals surface area (Å²) in [4.78, 5) is 27.2. The number of benzene rings is 2. The smallest absolute Gasteiger partial charge is 0.255 e. The van der Waals surface area contributed by atoms with Gasteiger partial charge in [-0.3, -0.25) is 9.59 Å². The highest BCUT2D eigenvalue weighted by Gasteiger charge is 2.36. The summed E-state index contributed by atoms with van der Waals surface area (Å²) >= 11 is 0.